The Balaban J connectivity index is 2.61. The summed E-state index contributed by atoms with van der Waals surface area (Å²) in [5, 5.41) is 9.16. The van der Waals surface area contributed by atoms with Gasteiger partial charge in [0.25, 0.3) is 0 Å². The third kappa shape index (κ3) is 3.67. The van der Waals surface area contributed by atoms with E-state index in [9.17, 15) is 8.42 Å². The average Bonchev–Trinajstić information content (AvgIpc) is 2.37. The van der Waals surface area contributed by atoms with Crippen molar-refractivity contribution in [3.8, 4) is 6.07 Å². The summed E-state index contributed by atoms with van der Waals surface area (Å²) >= 11 is 0. The summed E-state index contributed by atoms with van der Waals surface area (Å²) in [6, 6.07) is 2.19. The van der Waals surface area contributed by atoms with Crippen LogP contribution in [-0.4, -0.2) is 43.8 Å². The molecule has 0 aromatic heterocycles. The molecule has 0 atom stereocenters. The van der Waals surface area contributed by atoms with Gasteiger partial charge in [0.15, 0.2) is 5.60 Å². The maximum Gasteiger partial charge on any atom is 0.214 e. The average molecular weight is 274 g/mol. The van der Waals surface area contributed by atoms with Crippen LogP contribution in [0.25, 0.3) is 0 Å². The minimum absolute atomic E-state index is 0.206. The van der Waals surface area contributed by atoms with Crippen LogP contribution in [0.4, 0.5) is 0 Å². The summed E-state index contributed by atoms with van der Waals surface area (Å²) < 4.78 is 31.0. The Morgan fingerprint density at radius 2 is 1.94 bits per heavy atom. The van der Waals surface area contributed by atoms with Crippen molar-refractivity contribution in [2.24, 2.45) is 0 Å². The van der Waals surface area contributed by atoms with Crippen molar-refractivity contribution in [1.82, 2.24) is 4.31 Å². The number of nitriles is 1. The van der Waals surface area contributed by atoms with Crippen LogP contribution in [0.2, 0.25) is 0 Å². The van der Waals surface area contributed by atoms with Crippen LogP contribution in [0.15, 0.2) is 0 Å². The van der Waals surface area contributed by atoms with Crippen molar-refractivity contribution in [1.29, 1.82) is 5.26 Å². The van der Waals surface area contributed by atoms with Gasteiger partial charge in [0, 0.05) is 32.5 Å². The van der Waals surface area contributed by atoms with E-state index >= 15 is 0 Å². The van der Waals surface area contributed by atoms with Gasteiger partial charge in [0.05, 0.1) is 11.8 Å². The van der Waals surface area contributed by atoms with Crippen LogP contribution in [0.1, 0.15) is 39.5 Å². The molecule has 0 unspecified atom stereocenters. The number of ether oxygens (including phenoxy) is 1. The predicted octanol–water partition coefficient (Wildman–Crippen LogP) is 1.51. The third-order valence-electron chi connectivity index (χ3n) is 3.30. The Hall–Kier alpha value is -0.640. The molecule has 1 aliphatic rings. The first-order valence-electron chi connectivity index (χ1n) is 6.52. The van der Waals surface area contributed by atoms with Gasteiger partial charge in [-0.2, -0.15) is 5.26 Å². The lowest BCUT2D eigenvalue weighted by atomic mass is 9.94. The minimum Gasteiger partial charge on any atom is -0.360 e. The first-order chi connectivity index (χ1) is 8.49. The first kappa shape index (κ1) is 15.4. The SMILES string of the molecule is CCCCS(=O)(=O)N1CCC(C#N)(OCC)CC1. The van der Waals surface area contributed by atoms with E-state index in [0.29, 0.717) is 39.0 Å². The van der Waals surface area contributed by atoms with Gasteiger partial charge in [-0.25, -0.2) is 12.7 Å². The molecule has 0 saturated carbocycles. The maximum atomic E-state index is 12.0. The van der Waals surface area contributed by atoms with Crippen molar-refractivity contribution in [3.63, 3.8) is 0 Å². The molecule has 1 aliphatic heterocycles. The summed E-state index contributed by atoms with van der Waals surface area (Å²) in [5.41, 5.74) is -0.786. The van der Waals surface area contributed by atoms with Gasteiger partial charge in [-0.05, 0) is 13.3 Å². The molecule has 0 amide bonds. The fourth-order valence-corrected chi connectivity index (χ4v) is 3.80. The molecule has 0 spiro atoms. The van der Waals surface area contributed by atoms with Crippen LogP contribution >= 0.6 is 0 Å². The molecule has 0 aromatic carbocycles. The fourth-order valence-electron chi connectivity index (χ4n) is 2.15. The van der Waals surface area contributed by atoms with Crippen molar-refractivity contribution >= 4 is 10.0 Å². The Morgan fingerprint density at radius 1 is 1.33 bits per heavy atom. The van der Waals surface area contributed by atoms with E-state index in [2.05, 4.69) is 6.07 Å². The summed E-state index contributed by atoms with van der Waals surface area (Å²) in [6.45, 7) is 5.08. The second-order valence-electron chi connectivity index (χ2n) is 4.61. The second-order valence-corrected chi connectivity index (χ2v) is 6.70. The number of rotatable bonds is 6. The lowest BCUT2D eigenvalue weighted by molar-refractivity contribution is -0.0268. The highest BCUT2D eigenvalue weighted by Gasteiger charge is 2.38. The van der Waals surface area contributed by atoms with Gasteiger partial charge >= 0.3 is 0 Å². The molecular formula is C12H22N2O3S. The highest BCUT2D eigenvalue weighted by molar-refractivity contribution is 7.89. The standard InChI is InChI=1S/C12H22N2O3S/c1-3-5-10-18(15,16)14-8-6-12(11-13,7-9-14)17-4-2/h3-10H2,1-2H3. The molecule has 104 valence electrons. The Kier molecular flexibility index (Phi) is 5.57. The van der Waals surface area contributed by atoms with Gasteiger partial charge in [0.2, 0.25) is 10.0 Å². The van der Waals surface area contributed by atoms with Gasteiger partial charge in [-0.1, -0.05) is 13.3 Å². The zero-order chi connectivity index (χ0) is 13.6. The Labute approximate surface area is 110 Å². The lowest BCUT2D eigenvalue weighted by Gasteiger charge is -2.36. The molecule has 18 heavy (non-hydrogen) atoms. The highest BCUT2D eigenvalue weighted by Crippen LogP contribution is 2.27. The van der Waals surface area contributed by atoms with E-state index in [4.69, 9.17) is 10.00 Å². The van der Waals surface area contributed by atoms with Crippen molar-refractivity contribution < 1.29 is 13.2 Å². The number of nitrogens with zero attached hydrogens (tertiary/aromatic N) is 2. The molecule has 1 saturated heterocycles. The van der Waals surface area contributed by atoms with Gasteiger partial charge in [0.1, 0.15) is 0 Å². The van der Waals surface area contributed by atoms with E-state index in [0.717, 1.165) is 6.42 Å². The molecule has 5 nitrogen and oxygen atoms in total. The molecule has 1 heterocycles. The molecule has 0 N–H and O–H groups in total. The van der Waals surface area contributed by atoms with Crippen LogP contribution in [-0.2, 0) is 14.8 Å². The predicted molar refractivity (Wildman–Crippen MR) is 69.5 cm³/mol. The van der Waals surface area contributed by atoms with Gasteiger partial charge < -0.3 is 4.74 Å². The number of unbranched alkanes of at least 4 members (excludes halogenated alkanes) is 1. The molecule has 6 heteroatoms. The Morgan fingerprint density at radius 3 is 2.39 bits per heavy atom. The highest BCUT2D eigenvalue weighted by atomic mass is 32.2. The summed E-state index contributed by atoms with van der Waals surface area (Å²) in [7, 11) is -3.15. The lowest BCUT2D eigenvalue weighted by Crippen LogP contribution is -2.47. The van der Waals surface area contributed by atoms with E-state index in [1.54, 1.807) is 0 Å². The molecular weight excluding hydrogens is 252 g/mol. The number of hydrogen-bond donors (Lipinski definition) is 0. The zero-order valence-corrected chi connectivity index (χ0v) is 12.0. The van der Waals surface area contributed by atoms with Crippen molar-refractivity contribution in [2.45, 2.75) is 45.1 Å². The molecule has 0 aliphatic carbocycles. The number of sulfonamides is 1. The number of hydrogen-bond acceptors (Lipinski definition) is 4. The Bertz CT molecular complexity index is 392. The summed E-state index contributed by atoms with van der Waals surface area (Å²) in [4.78, 5) is 0. The molecule has 1 rings (SSSR count). The molecule has 1 fully saturated rings. The van der Waals surface area contributed by atoms with Crippen LogP contribution in [0.3, 0.4) is 0 Å². The maximum absolute atomic E-state index is 12.0. The van der Waals surface area contributed by atoms with Crippen molar-refractivity contribution in [2.75, 3.05) is 25.4 Å². The monoisotopic (exact) mass is 274 g/mol. The van der Waals surface area contributed by atoms with Crippen LogP contribution < -0.4 is 0 Å². The summed E-state index contributed by atoms with van der Waals surface area (Å²) in [5.74, 6) is 0.206. The van der Waals surface area contributed by atoms with Crippen molar-refractivity contribution in [3.05, 3.63) is 0 Å². The fraction of sp³-hybridized carbons (Fsp3) is 0.917. The largest absolute Gasteiger partial charge is 0.360 e. The second kappa shape index (κ2) is 6.50. The summed E-state index contributed by atoms with van der Waals surface area (Å²) in [6.07, 6.45) is 2.48. The van der Waals surface area contributed by atoms with Crippen LogP contribution in [0, 0.1) is 11.3 Å². The molecule has 0 aromatic rings. The quantitative estimate of drug-likeness (QED) is 0.736. The first-order valence-corrected chi connectivity index (χ1v) is 8.13. The smallest absolute Gasteiger partial charge is 0.214 e. The molecule has 0 radical (unpaired) electrons. The van der Waals surface area contributed by atoms with E-state index < -0.39 is 15.6 Å². The third-order valence-corrected chi connectivity index (χ3v) is 5.26. The van der Waals surface area contributed by atoms with Gasteiger partial charge in [-0.3, -0.25) is 0 Å². The van der Waals surface area contributed by atoms with Crippen LogP contribution in [0.5, 0.6) is 0 Å². The molecule has 0 bridgehead atoms. The normalized spacial score (nSPS) is 20.5. The van der Waals surface area contributed by atoms with E-state index in [1.807, 2.05) is 13.8 Å². The van der Waals surface area contributed by atoms with Gasteiger partial charge in [-0.15, -0.1) is 0 Å². The minimum atomic E-state index is -3.15. The van der Waals surface area contributed by atoms with E-state index in [-0.39, 0.29) is 5.75 Å². The topological polar surface area (TPSA) is 70.4 Å². The van der Waals surface area contributed by atoms with E-state index in [1.165, 1.54) is 4.31 Å². The number of piperidine rings is 1. The zero-order valence-electron chi connectivity index (χ0n) is 11.2.